The molecule has 0 spiro atoms. The molecule has 0 radical (unpaired) electrons. The maximum atomic E-state index is 13.0. The van der Waals surface area contributed by atoms with Gasteiger partial charge in [-0.3, -0.25) is 0 Å². The minimum atomic E-state index is -0.215. The first kappa shape index (κ1) is 20.8. The number of aryl methyl sites for hydroxylation is 1. The third-order valence-corrected chi connectivity index (χ3v) is 4.47. The van der Waals surface area contributed by atoms with Gasteiger partial charge in [-0.15, -0.1) is 35.3 Å². The second-order valence-electron chi connectivity index (χ2n) is 5.23. The Hall–Kier alpha value is -1.22. The smallest absolute Gasteiger partial charge is 0.194 e. The van der Waals surface area contributed by atoms with E-state index in [0.29, 0.717) is 13.1 Å². The minimum absolute atomic E-state index is 0. The number of hydrogen-bond donors (Lipinski definition) is 1. The van der Waals surface area contributed by atoms with Gasteiger partial charge in [-0.2, -0.15) is 0 Å². The van der Waals surface area contributed by atoms with E-state index in [-0.39, 0.29) is 29.8 Å². The zero-order valence-corrected chi connectivity index (χ0v) is 17.4. The lowest BCUT2D eigenvalue weighted by molar-refractivity contribution is 0.476. The predicted octanol–water partition coefficient (Wildman–Crippen LogP) is 4.06. The van der Waals surface area contributed by atoms with E-state index in [4.69, 9.17) is 0 Å². The van der Waals surface area contributed by atoms with Crippen LogP contribution in [0.2, 0.25) is 0 Å². The lowest BCUT2D eigenvalue weighted by Crippen LogP contribution is -2.38. The molecule has 0 saturated heterocycles. The first-order valence-corrected chi connectivity index (χ1v) is 8.61. The summed E-state index contributed by atoms with van der Waals surface area (Å²) in [6, 6.07) is 6.55. The van der Waals surface area contributed by atoms with Crippen molar-refractivity contribution in [3.63, 3.8) is 0 Å². The van der Waals surface area contributed by atoms with Gasteiger partial charge in [0.15, 0.2) is 5.96 Å². The number of rotatable bonds is 6. The summed E-state index contributed by atoms with van der Waals surface area (Å²) in [5, 5.41) is 4.30. The van der Waals surface area contributed by atoms with E-state index >= 15 is 0 Å². The van der Waals surface area contributed by atoms with Gasteiger partial charge in [0.25, 0.3) is 0 Å². The molecule has 0 fully saturated rings. The summed E-state index contributed by atoms with van der Waals surface area (Å²) in [6.45, 7) is 6.20. The number of benzene rings is 1. The second kappa shape index (κ2) is 10.6. The molecule has 1 N–H and O–H groups in total. The summed E-state index contributed by atoms with van der Waals surface area (Å²) in [5.74, 6) is 0.609. The van der Waals surface area contributed by atoms with Gasteiger partial charge >= 0.3 is 0 Å². The molecular formula is C17H24FIN4S. The maximum absolute atomic E-state index is 13.0. The fraction of sp³-hybridized carbons (Fsp3) is 0.412. The van der Waals surface area contributed by atoms with Crippen molar-refractivity contribution in [3.05, 3.63) is 51.7 Å². The van der Waals surface area contributed by atoms with Crippen LogP contribution in [0.3, 0.4) is 0 Å². The van der Waals surface area contributed by atoms with Crippen LogP contribution in [-0.4, -0.2) is 29.4 Å². The van der Waals surface area contributed by atoms with Crippen molar-refractivity contribution in [2.45, 2.75) is 33.4 Å². The molecule has 0 amide bonds. The number of guanidine groups is 1. The second-order valence-corrected chi connectivity index (χ2v) is 6.43. The summed E-state index contributed by atoms with van der Waals surface area (Å²) in [7, 11) is 1.98. The van der Waals surface area contributed by atoms with E-state index in [1.807, 2.05) is 25.1 Å². The molecule has 2 rings (SSSR count). The molecule has 0 bridgehead atoms. The lowest BCUT2D eigenvalue weighted by atomic mass is 10.2. The Morgan fingerprint density at radius 3 is 2.58 bits per heavy atom. The summed E-state index contributed by atoms with van der Waals surface area (Å²) in [4.78, 5) is 12.4. The molecule has 24 heavy (non-hydrogen) atoms. The zero-order chi connectivity index (χ0) is 16.7. The fourth-order valence-corrected chi connectivity index (χ4v) is 2.92. The van der Waals surface area contributed by atoms with Crippen molar-refractivity contribution < 1.29 is 4.39 Å². The van der Waals surface area contributed by atoms with Crippen molar-refractivity contribution in [2.24, 2.45) is 4.99 Å². The van der Waals surface area contributed by atoms with Gasteiger partial charge in [-0.25, -0.2) is 14.4 Å². The van der Waals surface area contributed by atoms with Crippen LogP contribution in [0.1, 0.15) is 29.3 Å². The average Bonchev–Trinajstić information content (AvgIpc) is 3.01. The molecule has 4 nitrogen and oxygen atoms in total. The summed E-state index contributed by atoms with van der Waals surface area (Å²) in [5.41, 5.74) is 1.04. The molecule has 0 aliphatic rings. The molecule has 0 atom stereocenters. The molecule has 0 saturated carbocycles. The van der Waals surface area contributed by atoms with E-state index in [9.17, 15) is 4.39 Å². The Morgan fingerprint density at radius 1 is 1.29 bits per heavy atom. The number of nitrogens with zero attached hydrogens (tertiary/aromatic N) is 3. The van der Waals surface area contributed by atoms with Gasteiger partial charge in [0, 0.05) is 31.2 Å². The number of thiazole rings is 1. The molecule has 0 aliphatic carbocycles. The third-order valence-electron chi connectivity index (χ3n) is 3.34. The summed E-state index contributed by atoms with van der Waals surface area (Å²) >= 11 is 1.70. The van der Waals surface area contributed by atoms with Crippen LogP contribution >= 0.6 is 35.3 Å². The number of nitrogens with one attached hydrogen (secondary N) is 1. The summed E-state index contributed by atoms with van der Waals surface area (Å²) in [6.07, 6.45) is 2.93. The van der Waals surface area contributed by atoms with Gasteiger partial charge in [0.1, 0.15) is 10.8 Å². The average molecular weight is 462 g/mol. The number of hydrogen-bond acceptors (Lipinski definition) is 3. The highest BCUT2D eigenvalue weighted by atomic mass is 127. The third kappa shape index (κ3) is 6.35. The quantitative estimate of drug-likeness (QED) is 0.400. The molecule has 0 unspecified atom stereocenters. The molecule has 1 aromatic carbocycles. The summed E-state index contributed by atoms with van der Waals surface area (Å²) < 4.78 is 13.0. The zero-order valence-electron chi connectivity index (χ0n) is 14.3. The SMILES string of the molecule is CCNC(=NCc1ncc(CC)s1)N(C)Cc1ccc(F)cc1.I. The Morgan fingerprint density at radius 2 is 2.00 bits per heavy atom. The lowest BCUT2D eigenvalue weighted by Gasteiger charge is -2.22. The normalized spacial score (nSPS) is 11.1. The van der Waals surface area contributed by atoms with Crippen LogP contribution < -0.4 is 5.32 Å². The fourth-order valence-electron chi connectivity index (χ4n) is 2.14. The molecule has 2 aromatic rings. The highest BCUT2D eigenvalue weighted by Gasteiger charge is 2.07. The highest BCUT2D eigenvalue weighted by molar-refractivity contribution is 14.0. The maximum Gasteiger partial charge on any atom is 0.194 e. The van der Waals surface area contributed by atoms with Gasteiger partial charge in [-0.05, 0) is 31.0 Å². The largest absolute Gasteiger partial charge is 0.357 e. The van der Waals surface area contributed by atoms with Gasteiger partial charge in [0.2, 0.25) is 0 Å². The molecule has 1 aromatic heterocycles. The van der Waals surface area contributed by atoms with E-state index in [1.54, 1.807) is 23.5 Å². The Balaban J connectivity index is 0.00000288. The van der Waals surface area contributed by atoms with E-state index < -0.39 is 0 Å². The van der Waals surface area contributed by atoms with Crippen molar-refractivity contribution in [1.29, 1.82) is 0 Å². The topological polar surface area (TPSA) is 40.5 Å². The Bertz CT molecular complexity index is 642. The molecule has 132 valence electrons. The molecule has 7 heteroatoms. The highest BCUT2D eigenvalue weighted by Crippen LogP contribution is 2.14. The van der Waals surface area contributed by atoms with Crippen molar-refractivity contribution in [2.75, 3.05) is 13.6 Å². The van der Waals surface area contributed by atoms with E-state index in [0.717, 1.165) is 29.5 Å². The standard InChI is InChI=1S/C17H23FN4S.HI/c1-4-15-10-20-16(23-15)11-21-17(19-5-2)22(3)12-13-6-8-14(18)9-7-13;/h6-10H,4-5,11-12H2,1-3H3,(H,19,21);1H. The van der Waals surface area contributed by atoms with E-state index in [2.05, 4.69) is 22.2 Å². The number of halogens is 2. The number of aromatic nitrogens is 1. The Labute approximate surface area is 164 Å². The van der Waals surface area contributed by atoms with Crippen molar-refractivity contribution in [3.8, 4) is 0 Å². The first-order valence-electron chi connectivity index (χ1n) is 7.79. The van der Waals surface area contributed by atoms with Crippen LogP contribution in [0.4, 0.5) is 4.39 Å². The van der Waals surface area contributed by atoms with Crippen LogP contribution in [0.25, 0.3) is 0 Å². The number of aliphatic imine (C=N–C) groups is 1. The van der Waals surface area contributed by atoms with E-state index in [1.165, 1.54) is 17.0 Å². The van der Waals surface area contributed by atoms with Gasteiger partial charge in [0.05, 0.1) is 6.54 Å². The van der Waals surface area contributed by atoms with Crippen molar-refractivity contribution in [1.82, 2.24) is 15.2 Å². The van der Waals surface area contributed by atoms with Crippen molar-refractivity contribution >= 4 is 41.3 Å². The first-order chi connectivity index (χ1) is 11.1. The Kier molecular flexibility index (Phi) is 9.20. The van der Waals surface area contributed by atoms with Gasteiger partial charge < -0.3 is 10.2 Å². The van der Waals surface area contributed by atoms with Crippen LogP contribution in [0.5, 0.6) is 0 Å². The van der Waals surface area contributed by atoms with Crippen LogP contribution in [0.15, 0.2) is 35.5 Å². The van der Waals surface area contributed by atoms with Crippen LogP contribution in [0, 0.1) is 5.82 Å². The minimum Gasteiger partial charge on any atom is -0.357 e. The molecule has 1 heterocycles. The molecular weight excluding hydrogens is 438 g/mol. The predicted molar refractivity (Wildman–Crippen MR) is 110 cm³/mol. The van der Waals surface area contributed by atoms with Crippen LogP contribution in [-0.2, 0) is 19.5 Å². The monoisotopic (exact) mass is 462 g/mol. The van der Waals surface area contributed by atoms with Gasteiger partial charge in [-0.1, -0.05) is 19.1 Å². The molecule has 0 aliphatic heterocycles.